The van der Waals surface area contributed by atoms with E-state index >= 15 is 0 Å². The average molecular weight is 382 g/mol. The SMILES string of the molecule is CN(Cc1ccc(OCCOCCO)cc1)C[C@H](O)COC1CCCCC1. The maximum absolute atomic E-state index is 10.2. The third-order valence-electron chi connectivity index (χ3n) is 4.71. The molecular formula is C21H35NO5. The van der Waals surface area contributed by atoms with Gasteiger partial charge in [-0.1, -0.05) is 31.4 Å². The van der Waals surface area contributed by atoms with Crippen LogP contribution in [0.1, 0.15) is 37.7 Å². The van der Waals surface area contributed by atoms with Crippen molar-refractivity contribution in [2.75, 3.05) is 46.6 Å². The lowest BCUT2D eigenvalue weighted by molar-refractivity contribution is -0.0319. The number of aliphatic hydroxyl groups excluding tert-OH is 2. The van der Waals surface area contributed by atoms with Gasteiger partial charge in [0.1, 0.15) is 12.4 Å². The Hall–Kier alpha value is -1.18. The first-order valence-electron chi connectivity index (χ1n) is 10.1. The summed E-state index contributed by atoms with van der Waals surface area (Å²) in [6.45, 7) is 3.07. The van der Waals surface area contributed by atoms with E-state index in [0.29, 0.717) is 39.1 Å². The second kappa shape index (κ2) is 13.1. The van der Waals surface area contributed by atoms with Crippen LogP contribution in [-0.2, 0) is 16.0 Å². The van der Waals surface area contributed by atoms with Crippen molar-refractivity contribution in [1.82, 2.24) is 4.90 Å². The average Bonchev–Trinajstić information content (AvgIpc) is 2.68. The van der Waals surface area contributed by atoms with Crippen LogP contribution >= 0.6 is 0 Å². The van der Waals surface area contributed by atoms with Crippen LogP contribution < -0.4 is 4.74 Å². The van der Waals surface area contributed by atoms with E-state index in [1.807, 2.05) is 31.3 Å². The van der Waals surface area contributed by atoms with Crippen LogP contribution in [0.15, 0.2) is 24.3 Å². The quantitative estimate of drug-likeness (QED) is 0.511. The van der Waals surface area contributed by atoms with Crippen molar-refractivity contribution in [3.8, 4) is 5.75 Å². The van der Waals surface area contributed by atoms with E-state index in [1.165, 1.54) is 24.8 Å². The van der Waals surface area contributed by atoms with Gasteiger partial charge in [0.2, 0.25) is 0 Å². The zero-order chi connectivity index (χ0) is 19.3. The summed E-state index contributed by atoms with van der Waals surface area (Å²) < 4.78 is 16.6. The molecule has 0 spiro atoms. The van der Waals surface area contributed by atoms with Crippen molar-refractivity contribution >= 4 is 0 Å². The predicted octanol–water partition coefficient (Wildman–Crippen LogP) is 2.22. The lowest BCUT2D eigenvalue weighted by Gasteiger charge is -2.25. The molecule has 0 amide bonds. The van der Waals surface area contributed by atoms with Gasteiger partial charge in [-0.2, -0.15) is 0 Å². The molecule has 0 aliphatic heterocycles. The van der Waals surface area contributed by atoms with Crippen molar-refractivity contribution in [2.24, 2.45) is 0 Å². The summed E-state index contributed by atoms with van der Waals surface area (Å²) in [6.07, 6.45) is 5.94. The highest BCUT2D eigenvalue weighted by atomic mass is 16.5. The van der Waals surface area contributed by atoms with E-state index in [-0.39, 0.29) is 6.61 Å². The lowest BCUT2D eigenvalue weighted by atomic mass is 9.98. The first-order valence-corrected chi connectivity index (χ1v) is 10.1. The minimum absolute atomic E-state index is 0.0314. The van der Waals surface area contributed by atoms with Crippen molar-refractivity contribution < 1.29 is 24.4 Å². The Kier molecular flexibility index (Phi) is 10.7. The molecule has 6 nitrogen and oxygen atoms in total. The molecule has 0 aromatic heterocycles. The summed E-state index contributed by atoms with van der Waals surface area (Å²) >= 11 is 0. The molecule has 27 heavy (non-hydrogen) atoms. The Morgan fingerprint density at radius 1 is 1.07 bits per heavy atom. The molecule has 1 aliphatic carbocycles. The zero-order valence-electron chi connectivity index (χ0n) is 16.5. The largest absolute Gasteiger partial charge is 0.491 e. The molecule has 1 aromatic rings. The Morgan fingerprint density at radius 3 is 2.52 bits per heavy atom. The van der Waals surface area contributed by atoms with E-state index in [9.17, 15) is 5.11 Å². The van der Waals surface area contributed by atoms with Gasteiger partial charge in [0.25, 0.3) is 0 Å². The Labute approximate surface area is 163 Å². The van der Waals surface area contributed by atoms with Gasteiger partial charge < -0.3 is 24.4 Å². The van der Waals surface area contributed by atoms with Gasteiger partial charge in [0, 0.05) is 13.1 Å². The van der Waals surface area contributed by atoms with E-state index in [0.717, 1.165) is 25.1 Å². The molecule has 1 atom stereocenters. The lowest BCUT2D eigenvalue weighted by Crippen LogP contribution is -2.33. The van der Waals surface area contributed by atoms with Gasteiger partial charge in [0.15, 0.2) is 0 Å². The third-order valence-corrected chi connectivity index (χ3v) is 4.71. The fraction of sp³-hybridized carbons (Fsp3) is 0.714. The Balaban J connectivity index is 1.61. The highest BCUT2D eigenvalue weighted by molar-refractivity contribution is 5.27. The van der Waals surface area contributed by atoms with Crippen LogP contribution in [0.3, 0.4) is 0 Å². The molecule has 2 N–H and O–H groups in total. The molecule has 0 radical (unpaired) electrons. The van der Waals surface area contributed by atoms with Crippen molar-refractivity contribution in [2.45, 2.75) is 50.9 Å². The molecule has 0 unspecified atom stereocenters. The van der Waals surface area contributed by atoms with Gasteiger partial charge in [-0.05, 0) is 37.6 Å². The number of nitrogens with zero attached hydrogens (tertiary/aromatic N) is 1. The molecule has 1 fully saturated rings. The number of benzene rings is 1. The summed E-state index contributed by atoms with van der Waals surface area (Å²) in [4.78, 5) is 2.10. The molecule has 1 aliphatic rings. The fourth-order valence-electron chi connectivity index (χ4n) is 3.34. The normalized spacial score (nSPS) is 16.6. The van der Waals surface area contributed by atoms with E-state index in [1.54, 1.807) is 0 Å². The van der Waals surface area contributed by atoms with Crippen LogP contribution in [0, 0.1) is 0 Å². The zero-order valence-corrected chi connectivity index (χ0v) is 16.5. The first-order chi connectivity index (χ1) is 13.2. The molecular weight excluding hydrogens is 346 g/mol. The molecule has 2 rings (SSSR count). The fourth-order valence-corrected chi connectivity index (χ4v) is 3.34. The van der Waals surface area contributed by atoms with Gasteiger partial charge >= 0.3 is 0 Å². The number of hydrogen-bond donors (Lipinski definition) is 2. The molecule has 0 bridgehead atoms. The topological polar surface area (TPSA) is 71.4 Å². The number of ether oxygens (including phenoxy) is 3. The summed E-state index contributed by atoms with van der Waals surface area (Å²) in [5, 5.41) is 18.9. The summed E-state index contributed by atoms with van der Waals surface area (Å²) in [5.74, 6) is 0.801. The van der Waals surface area contributed by atoms with Gasteiger partial charge in [-0.3, -0.25) is 4.90 Å². The number of aliphatic hydroxyl groups is 2. The van der Waals surface area contributed by atoms with E-state index < -0.39 is 6.10 Å². The molecule has 154 valence electrons. The van der Waals surface area contributed by atoms with Gasteiger partial charge in [-0.15, -0.1) is 0 Å². The van der Waals surface area contributed by atoms with Crippen molar-refractivity contribution in [1.29, 1.82) is 0 Å². The summed E-state index contributed by atoms with van der Waals surface area (Å²) in [5.41, 5.74) is 1.17. The van der Waals surface area contributed by atoms with Crippen LogP contribution in [0.25, 0.3) is 0 Å². The van der Waals surface area contributed by atoms with Gasteiger partial charge in [-0.25, -0.2) is 0 Å². The minimum Gasteiger partial charge on any atom is -0.491 e. The van der Waals surface area contributed by atoms with Crippen LogP contribution in [0.4, 0.5) is 0 Å². The number of rotatable bonds is 13. The second-order valence-corrected chi connectivity index (χ2v) is 7.27. The summed E-state index contributed by atoms with van der Waals surface area (Å²) in [7, 11) is 2.01. The standard InChI is InChI=1S/C21H35NO5/c1-22(16-19(24)17-27-20-5-3-2-4-6-20)15-18-7-9-21(10-8-18)26-14-13-25-12-11-23/h7-10,19-20,23-24H,2-6,11-17H2,1H3/t19-/m0/s1. The summed E-state index contributed by atoms with van der Waals surface area (Å²) in [6, 6.07) is 7.95. The molecule has 1 aromatic carbocycles. The second-order valence-electron chi connectivity index (χ2n) is 7.27. The molecule has 6 heteroatoms. The smallest absolute Gasteiger partial charge is 0.119 e. The highest BCUT2D eigenvalue weighted by Crippen LogP contribution is 2.20. The Bertz CT molecular complexity index is 490. The van der Waals surface area contributed by atoms with Crippen LogP contribution in [0.5, 0.6) is 5.75 Å². The van der Waals surface area contributed by atoms with E-state index in [2.05, 4.69) is 4.90 Å². The molecule has 0 heterocycles. The van der Waals surface area contributed by atoms with Crippen LogP contribution in [-0.4, -0.2) is 73.9 Å². The van der Waals surface area contributed by atoms with Crippen molar-refractivity contribution in [3.05, 3.63) is 29.8 Å². The molecule has 1 saturated carbocycles. The van der Waals surface area contributed by atoms with Crippen molar-refractivity contribution in [3.63, 3.8) is 0 Å². The number of likely N-dealkylation sites (N-methyl/N-ethyl adjacent to an activating group) is 1. The van der Waals surface area contributed by atoms with E-state index in [4.69, 9.17) is 19.3 Å². The maximum Gasteiger partial charge on any atom is 0.119 e. The predicted molar refractivity (Wildman–Crippen MR) is 105 cm³/mol. The number of hydrogen-bond acceptors (Lipinski definition) is 6. The van der Waals surface area contributed by atoms with Crippen LogP contribution in [0.2, 0.25) is 0 Å². The monoisotopic (exact) mass is 381 g/mol. The third kappa shape index (κ3) is 9.53. The minimum atomic E-state index is -0.460. The van der Waals surface area contributed by atoms with Gasteiger partial charge in [0.05, 0.1) is 38.6 Å². The Morgan fingerprint density at radius 2 is 1.81 bits per heavy atom. The molecule has 0 saturated heterocycles. The highest BCUT2D eigenvalue weighted by Gasteiger charge is 2.16. The maximum atomic E-state index is 10.2. The first kappa shape index (κ1) is 22.1.